The minimum absolute atomic E-state index is 0.0865. The van der Waals surface area contributed by atoms with Crippen molar-refractivity contribution in [2.75, 3.05) is 6.61 Å². The summed E-state index contributed by atoms with van der Waals surface area (Å²) in [4.78, 5) is 11.3. The van der Waals surface area contributed by atoms with Crippen LogP contribution in [0.15, 0.2) is 36.7 Å². The van der Waals surface area contributed by atoms with Crippen LogP contribution in [0.2, 0.25) is 0 Å². The molecule has 1 aliphatic carbocycles. The zero-order chi connectivity index (χ0) is 16.7. The van der Waals surface area contributed by atoms with E-state index in [1.54, 1.807) is 24.5 Å². The maximum atomic E-state index is 13.4. The lowest BCUT2D eigenvalue weighted by Crippen LogP contribution is -2.30. The molecule has 0 atom stereocenters. The SMILES string of the molecule is NC1(COc2ccc(-c3c[nH]c4ncccc34)nc2C(F)F)CC1. The Kier molecular flexibility index (Phi) is 3.45. The van der Waals surface area contributed by atoms with Gasteiger partial charge in [-0.1, -0.05) is 0 Å². The van der Waals surface area contributed by atoms with E-state index in [4.69, 9.17) is 10.5 Å². The topological polar surface area (TPSA) is 76.8 Å². The number of ether oxygens (including phenoxy) is 1. The van der Waals surface area contributed by atoms with Gasteiger partial charge in [0, 0.05) is 23.3 Å². The van der Waals surface area contributed by atoms with Crippen molar-refractivity contribution >= 4 is 11.0 Å². The molecular weight excluding hydrogens is 314 g/mol. The highest BCUT2D eigenvalue weighted by molar-refractivity contribution is 5.92. The number of nitrogens with one attached hydrogen (secondary N) is 1. The molecule has 0 amide bonds. The van der Waals surface area contributed by atoms with Crippen LogP contribution in [0.1, 0.15) is 25.0 Å². The van der Waals surface area contributed by atoms with Crippen LogP contribution in [0.3, 0.4) is 0 Å². The first kappa shape index (κ1) is 15.0. The summed E-state index contributed by atoms with van der Waals surface area (Å²) in [6.45, 7) is 0.227. The van der Waals surface area contributed by atoms with Gasteiger partial charge >= 0.3 is 0 Å². The Labute approximate surface area is 136 Å². The number of fused-ring (bicyclic) bond motifs is 1. The summed E-state index contributed by atoms with van der Waals surface area (Å²) in [5.41, 5.74) is 7.07. The maximum Gasteiger partial charge on any atom is 0.284 e. The molecule has 24 heavy (non-hydrogen) atoms. The number of hydrogen-bond donors (Lipinski definition) is 2. The summed E-state index contributed by atoms with van der Waals surface area (Å²) in [7, 11) is 0. The number of alkyl halides is 2. The number of hydrogen-bond acceptors (Lipinski definition) is 4. The molecule has 0 aromatic carbocycles. The number of aromatic nitrogens is 3. The van der Waals surface area contributed by atoms with Gasteiger partial charge in [0.15, 0.2) is 0 Å². The minimum Gasteiger partial charge on any atom is -0.490 e. The molecule has 3 N–H and O–H groups in total. The average Bonchev–Trinajstić information content (AvgIpc) is 3.17. The van der Waals surface area contributed by atoms with Gasteiger partial charge in [-0.3, -0.25) is 0 Å². The molecular formula is C17H16F2N4O. The fourth-order valence-corrected chi connectivity index (χ4v) is 2.58. The first-order valence-corrected chi connectivity index (χ1v) is 7.69. The van der Waals surface area contributed by atoms with E-state index in [0.29, 0.717) is 11.3 Å². The van der Waals surface area contributed by atoms with Gasteiger partial charge in [-0.05, 0) is 37.1 Å². The second-order valence-electron chi connectivity index (χ2n) is 6.13. The molecule has 1 fully saturated rings. The van der Waals surface area contributed by atoms with Crippen molar-refractivity contribution in [3.63, 3.8) is 0 Å². The molecule has 0 aliphatic heterocycles. The quantitative estimate of drug-likeness (QED) is 0.751. The highest BCUT2D eigenvalue weighted by Crippen LogP contribution is 2.36. The number of pyridine rings is 2. The summed E-state index contributed by atoms with van der Waals surface area (Å²) in [5.74, 6) is 0.0865. The van der Waals surface area contributed by atoms with Gasteiger partial charge in [-0.15, -0.1) is 0 Å². The second-order valence-corrected chi connectivity index (χ2v) is 6.13. The Morgan fingerprint density at radius 3 is 2.88 bits per heavy atom. The summed E-state index contributed by atoms with van der Waals surface area (Å²) in [5, 5.41) is 0.831. The zero-order valence-electron chi connectivity index (χ0n) is 12.8. The van der Waals surface area contributed by atoms with Crippen LogP contribution < -0.4 is 10.5 Å². The molecule has 7 heteroatoms. The van der Waals surface area contributed by atoms with Crippen molar-refractivity contribution in [2.45, 2.75) is 24.8 Å². The molecule has 0 spiro atoms. The summed E-state index contributed by atoms with van der Waals surface area (Å²) < 4.78 is 32.3. The van der Waals surface area contributed by atoms with Crippen LogP contribution >= 0.6 is 0 Å². The highest BCUT2D eigenvalue weighted by atomic mass is 19.3. The van der Waals surface area contributed by atoms with Crippen LogP contribution in [-0.2, 0) is 0 Å². The summed E-state index contributed by atoms with van der Waals surface area (Å²) >= 11 is 0. The number of nitrogens with two attached hydrogens (primary N) is 1. The van der Waals surface area contributed by atoms with Crippen LogP contribution in [-0.4, -0.2) is 27.1 Å². The fourth-order valence-electron chi connectivity index (χ4n) is 2.58. The maximum absolute atomic E-state index is 13.4. The van der Waals surface area contributed by atoms with E-state index in [1.807, 2.05) is 6.07 Å². The largest absolute Gasteiger partial charge is 0.490 e. The molecule has 1 saturated carbocycles. The number of halogens is 2. The average molecular weight is 330 g/mol. The first-order valence-electron chi connectivity index (χ1n) is 7.69. The van der Waals surface area contributed by atoms with Crippen molar-refractivity contribution in [3.05, 3.63) is 42.4 Å². The first-order chi connectivity index (χ1) is 11.6. The monoisotopic (exact) mass is 330 g/mol. The van der Waals surface area contributed by atoms with E-state index < -0.39 is 6.43 Å². The minimum atomic E-state index is -2.73. The van der Waals surface area contributed by atoms with Crippen molar-refractivity contribution in [1.82, 2.24) is 15.0 Å². The van der Waals surface area contributed by atoms with Gasteiger partial charge in [0.2, 0.25) is 0 Å². The predicted octanol–water partition coefficient (Wildman–Crippen LogP) is 3.43. The van der Waals surface area contributed by atoms with Crippen LogP contribution in [0, 0.1) is 0 Å². The molecule has 3 heterocycles. The smallest absolute Gasteiger partial charge is 0.284 e. The molecule has 5 nitrogen and oxygen atoms in total. The second kappa shape index (κ2) is 5.52. The molecule has 0 radical (unpaired) electrons. The zero-order valence-corrected chi connectivity index (χ0v) is 12.8. The van der Waals surface area contributed by atoms with Crippen molar-refractivity contribution in [1.29, 1.82) is 0 Å². The van der Waals surface area contributed by atoms with E-state index in [9.17, 15) is 8.78 Å². The van der Waals surface area contributed by atoms with Crippen molar-refractivity contribution in [2.24, 2.45) is 5.73 Å². The highest BCUT2D eigenvalue weighted by Gasteiger charge is 2.39. The Bertz CT molecular complexity index is 889. The van der Waals surface area contributed by atoms with Gasteiger partial charge in [-0.2, -0.15) is 0 Å². The molecule has 3 aromatic heterocycles. The van der Waals surface area contributed by atoms with E-state index in [0.717, 1.165) is 23.8 Å². The predicted molar refractivity (Wildman–Crippen MR) is 85.9 cm³/mol. The Morgan fingerprint density at radius 1 is 1.29 bits per heavy atom. The van der Waals surface area contributed by atoms with Gasteiger partial charge in [0.25, 0.3) is 6.43 Å². The fraction of sp³-hybridized carbons (Fsp3) is 0.294. The molecule has 3 aromatic rings. The van der Waals surface area contributed by atoms with E-state index in [2.05, 4.69) is 15.0 Å². The summed E-state index contributed by atoms with van der Waals surface area (Å²) in [6.07, 6.45) is 2.36. The van der Waals surface area contributed by atoms with Crippen LogP contribution in [0.4, 0.5) is 8.78 Å². The Hall–Kier alpha value is -2.54. The van der Waals surface area contributed by atoms with E-state index >= 15 is 0 Å². The number of H-pyrrole nitrogens is 1. The molecule has 0 bridgehead atoms. The number of nitrogens with zero attached hydrogens (tertiary/aromatic N) is 2. The molecule has 1 aliphatic rings. The lowest BCUT2D eigenvalue weighted by Gasteiger charge is -2.14. The standard InChI is InChI=1S/C17H16F2N4O/c18-15(19)14-13(24-9-17(20)5-6-17)4-3-12(23-14)11-8-22-16-10(11)2-1-7-21-16/h1-4,7-8,15H,5-6,9,20H2,(H,21,22). The third-order valence-electron chi connectivity index (χ3n) is 4.23. The van der Waals surface area contributed by atoms with Gasteiger partial charge < -0.3 is 15.5 Å². The lowest BCUT2D eigenvalue weighted by molar-refractivity contribution is 0.138. The number of rotatable bonds is 5. The van der Waals surface area contributed by atoms with Crippen LogP contribution in [0.5, 0.6) is 5.75 Å². The molecule has 124 valence electrons. The Balaban J connectivity index is 1.70. The van der Waals surface area contributed by atoms with Crippen molar-refractivity contribution < 1.29 is 13.5 Å². The Morgan fingerprint density at radius 2 is 2.12 bits per heavy atom. The van der Waals surface area contributed by atoms with Crippen molar-refractivity contribution in [3.8, 4) is 17.0 Å². The molecule has 0 unspecified atom stereocenters. The molecule has 4 rings (SSSR count). The van der Waals surface area contributed by atoms with Gasteiger partial charge in [0.1, 0.15) is 23.7 Å². The third-order valence-corrected chi connectivity index (χ3v) is 4.23. The van der Waals surface area contributed by atoms with E-state index in [1.165, 1.54) is 6.07 Å². The summed E-state index contributed by atoms with van der Waals surface area (Å²) in [6, 6.07) is 6.87. The van der Waals surface area contributed by atoms with Crippen LogP contribution in [0.25, 0.3) is 22.3 Å². The normalized spacial score (nSPS) is 15.8. The van der Waals surface area contributed by atoms with Gasteiger partial charge in [-0.25, -0.2) is 18.7 Å². The lowest BCUT2D eigenvalue weighted by atomic mass is 10.1. The third kappa shape index (κ3) is 2.71. The van der Waals surface area contributed by atoms with E-state index in [-0.39, 0.29) is 23.6 Å². The number of aromatic amines is 1. The van der Waals surface area contributed by atoms with Gasteiger partial charge in [0.05, 0.1) is 11.2 Å². The molecule has 0 saturated heterocycles.